The molecule has 0 aliphatic heterocycles. The molecule has 24 heavy (non-hydrogen) atoms. The smallest absolute Gasteiger partial charge is 0.350 e. The van der Waals surface area contributed by atoms with E-state index in [0.29, 0.717) is 0 Å². The first-order valence-electron chi connectivity index (χ1n) is 8.44. The van der Waals surface area contributed by atoms with Crippen LogP contribution in [0.4, 0.5) is 17.2 Å². The molecule has 128 valence electrons. The number of aryl methyl sites for hydroxylation is 1. The van der Waals surface area contributed by atoms with Gasteiger partial charge in [0.15, 0.2) is 0 Å². The highest BCUT2D eigenvalue weighted by atomic mass is 79.9. The van der Waals surface area contributed by atoms with E-state index in [4.69, 9.17) is 0 Å². The van der Waals surface area contributed by atoms with Gasteiger partial charge in [0.25, 0.3) is 0 Å². The topological polar surface area (TPSA) is 31.8 Å². The van der Waals surface area contributed by atoms with Gasteiger partial charge in [-0.3, -0.25) is 0 Å². The van der Waals surface area contributed by atoms with Crippen LogP contribution >= 0.6 is 15.9 Å². The van der Waals surface area contributed by atoms with Crippen molar-refractivity contribution in [3.63, 3.8) is 0 Å². The molecule has 0 fully saturated rings. The molecule has 0 unspecified atom stereocenters. The van der Waals surface area contributed by atoms with Crippen LogP contribution in [0.2, 0.25) is 0 Å². The third-order valence-electron chi connectivity index (χ3n) is 3.83. The standard InChI is InChI=1S/C19H26BrN4/c1-23(2)18-12-10-17(11-13-18)21-22-19-9-5-8-16-24(19)15-7-4-3-6-14-20/h5,8-13,16H,3-4,6-7,14-15H2,1-2H3/q+1. The van der Waals surface area contributed by atoms with Gasteiger partial charge in [0.05, 0.1) is 17.9 Å². The minimum atomic E-state index is 0.869. The first-order chi connectivity index (χ1) is 11.7. The van der Waals surface area contributed by atoms with Gasteiger partial charge >= 0.3 is 5.82 Å². The van der Waals surface area contributed by atoms with Crippen LogP contribution in [0.1, 0.15) is 25.7 Å². The maximum atomic E-state index is 4.43. The zero-order chi connectivity index (χ0) is 17.2. The molecular formula is C19H26BrN4+. The highest BCUT2D eigenvalue weighted by Crippen LogP contribution is 2.20. The lowest BCUT2D eigenvalue weighted by molar-refractivity contribution is -0.684. The van der Waals surface area contributed by atoms with E-state index in [1.807, 2.05) is 44.4 Å². The summed E-state index contributed by atoms with van der Waals surface area (Å²) >= 11 is 3.48. The van der Waals surface area contributed by atoms with Crippen LogP contribution in [-0.2, 0) is 6.54 Å². The van der Waals surface area contributed by atoms with Gasteiger partial charge in [-0.05, 0) is 54.7 Å². The van der Waals surface area contributed by atoms with Crippen molar-refractivity contribution in [2.75, 3.05) is 24.3 Å². The Balaban J connectivity index is 1.98. The van der Waals surface area contributed by atoms with E-state index >= 15 is 0 Å². The zero-order valence-electron chi connectivity index (χ0n) is 14.5. The quantitative estimate of drug-likeness (QED) is 0.244. The Labute approximate surface area is 153 Å². The highest BCUT2D eigenvalue weighted by molar-refractivity contribution is 9.09. The van der Waals surface area contributed by atoms with Crippen LogP contribution in [0.15, 0.2) is 58.9 Å². The molecule has 0 N–H and O–H groups in total. The molecule has 0 spiro atoms. The molecular weight excluding hydrogens is 364 g/mol. The van der Waals surface area contributed by atoms with E-state index in [1.54, 1.807) is 0 Å². The van der Waals surface area contributed by atoms with Crippen molar-refractivity contribution in [1.29, 1.82) is 0 Å². The van der Waals surface area contributed by atoms with E-state index in [1.165, 1.54) is 25.7 Å². The second-order valence-corrected chi connectivity index (χ2v) is 6.76. The number of hydrogen-bond acceptors (Lipinski definition) is 3. The SMILES string of the molecule is CN(C)c1ccc(N=Nc2cccc[n+]2CCCCCCBr)cc1. The van der Waals surface area contributed by atoms with Gasteiger partial charge < -0.3 is 4.90 Å². The molecule has 0 bridgehead atoms. The van der Waals surface area contributed by atoms with Crippen LogP contribution in [0.25, 0.3) is 0 Å². The van der Waals surface area contributed by atoms with Crippen LogP contribution in [0.5, 0.6) is 0 Å². The lowest BCUT2D eigenvalue weighted by Crippen LogP contribution is -2.33. The van der Waals surface area contributed by atoms with Gasteiger partial charge in [0, 0.05) is 31.2 Å². The second-order valence-electron chi connectivity index (χ2n) is 5.97. The average Bonchev–Trinajstić information content (AvgIpc) is 2.61. The zero-order valence-corrected chi connectivity index (χ0v) is 16.1. The third kappa shape index (κ3) is 6.04. The summed E-state index contributed by atoms with van der Waals surface area (Å²) in [7, 11) is 4.06. The van der Waals surface area contributed by atoms with Gasteiger partial charge in [-0.15, -0.1) is 0 Å². The number of rotatable bonds is 9. The van der Waals surface area contributed by atoms with Crippen molar-refractivity contribution in [2.45, 2.75) is 32.2 Å². The van der Waals surface area contributed by atoms with Gasteiger partial charge in [-0.25, -0.2) is 4.57 Å². The predicted molar refractivity (Wildman–Crippen MR) is 104 cm³/mol. The number of unbranched alkanes of at least 4 members (excludes halogenated alkanes) is 3. The van der Waals surface area contributed by atoms with E-state index in [9.17, 15) is 0 Å². The summed E-state index contributed by atoms with van der Waals surface area (Å²) < 4.78 is 2.17. The van der Waals surface area contributed by atoms with Gasteiger partial charge in [0.2, 0.25) is 0 Å². The molecule has 2 rings (SSSR count). The van der Waals surface area contributed by atoms with Gasteiger partial charge in [-0.1, -0.05) is 28.4 Å². The summed E-state index contributed by atoms with van der Waals surface area (Å²) in [4.78, 5) is 2.07. The number of alkyl halides is 1. The molecule has 0 saturated carbocycles. The molecule has 1 heterocycles. The Morgan fingerprint density at radius 1 is 0.917 bits per heavy atom. The van der Waals surface area contributed by atoms with Gasteiger partial charge in [-0.2, -0.15) is 0 Å². The normalized spacial score (nSPS) is 11.1. The molecule has 0 saturated heterocycles. The Bertz CT molecular complexity index is 638. The Morgan fingerprint density at radius 3 is 2.38 bits per heavy atom. The average molecular weight is 390 g/mol. The Hall–Kier alpha value is -1.75. The largest absolute Gasteiger partial charge is 0.378 e. The number of pyridine rings is 1. The summed E-state index contributed by atoms with van der Waals surface area (Å²) in [5, 5.41) is 9.90. The third-order valence-corrected chi connectivity index (χ3v) is 4.39. The van der Waals surface area contributed by atoms with Gasteiger partial charge in [0.1, 0.15) is 5.69 Å². The predicted octanol–water partition coefficient (Wildman–Crippen LogP) is 5.41. The second kappa shape index (κ2) is 10.2. The molecule has 0 aliphatic rings. The maximum Gasteiger partial charge on any atom is 0.350 e. The summed E-state index contributed by atoms with van der Waals surface area (Å²) in [6.45, 7) is 0.983. The van der Waals surface area contributed by atoms with Crippen molar-refractivity contribution in [1.82, 2.24) is 0 Å². The number of halogens is 1. The molecule has 0 amide bonds. The lowest BCUT2D eigenvalue weighted by atomic mass is 10.2. The molecule has 0 atom stereocenters. The minimum Gasteiger partial charge on any atom is -0.378 e. The van der Waals surface area contributed by atoms with Crippen LogP contribution in [0.3, 0.4) is 0 Å². The summed E-state index contributed by atoms with van der Waals surface area (Å²) in [5.41, 5.74) is 2.03. The number of nitrogens with zero attached hydrogens (tertiary/aromatic N) is 4. The maximum absolute atomic E-state index is 4.43. The molecule has 1 aromatic carbocycles. The van der Waals surface area contributed by atoms with Crippen molar-refractivity contribution in [2.24, 2.45) is 10.2 Å². The fourth-order valence-corrected chi connectivity index (χ4v) is 2.80. The number of aromatic nitrogens is 1. The van der Waals surface area contributed by atoms with Crippen molar-refractivity contribution >= 4 is 33.1 Å². The first kappa shape index (κ1) is 18.6. The fraction of sp³-hybridized carbons (Fsp3) is 0.421. The molecule has 0 aliphatic carbocycles. The number of azo groups is 1. The highest BCUT2D eigenvalue weighted by Gasteiger charge is 2.08. The van der Waals surface area contributed by atoms with E-state index in [2.05, 4.69) is 54.0 Å². The van der Waals surface area contributed by atoms with E-state index in [-0.39, 0.29) is 0 Å². The molecule has 2 aromatic rings. The fourth-order valence-electron chi connectivity index (χ4n) is 2.40. The minimum absolute atomic E-state index is 0.869. The van der Waals surface area contributed by atoms with E-state index in [0.717, 1.165) is 29.1 Å². The molecule has 1 aromatic heterocycles. The van der Waals surface area contributed by atoms with Crippen LogP contribution in [0, 0.1) is 0 Å². The Kier molecular flexibility index (Phi) is 7.89. The van der Waals surface area contributed by atoms with Crippen molar-refractivity contribution in [3.8, 4) is 0 Å². The van der Waals surface area contributed by atoms with Crippen LogP contribution in [-0.4, -0.2) is 19.4 Å². The number of anilines is 1. The monoisotopic (exact) mass is 389 g/mol. The summed E-state index contributed by atoms with van der Waals surface area (Å²) in [5.74, 6) is 0.898. The molecule has 5 heteroatoms. The molecule has 0 radical (unpaired) electrons. The lowest BCUT2D eigenvalue weighted by Gasteiger charge is -2.11. The Morgan fingerprint density at radius 2 is 1.67 bits per heavy atom. The van der Waals surface area contributed by atoms with E-state index < -0.39 is 0 Å². The number of benzene rings is 1. The summed E-state index contributed by atoms with van der Waals surface area (Å²) in [6, 6.07) is 14.2. The van der Waals surface area contributed by atoms with Crippen molar-refractivity contribution < 1.29 is 4.57 Å². The summed E-state index contributed by atoms with van der Waals surface area (Å²) in [6.07, 6.45) is 7.01. The van der Waals surface area contributed by atoms with Crippen molar-refractivity contribution in [3.05, 3.63) is 48.7 Å². The first-order valence-corrected chi connectivity index (χ1v) is 9.56. The van der Waals surface area contributed by atoms with Crippen LogP contribution < -0.4 is 9.47 Å². The number of hydrogen-bond donors (Lipinski definition) is 0. The molecule has 4 nitrogen and oxygen atoms in total.